The van der Waals surface area contributed by atoms with Crippen LogP contribution in [0.3, 0.4) is 0 Å². The molecule has 10 aromatic carbocycles. The number of pyridine rings is 1. The Morgan fingerprint density at radius 2 is 1.20 bits per heavy atom. The van der Waals surface area contributed by atoms with Crippen LogP contribution in [0.2, 0.25) is 0 Å². The maximum Gasteiger partial charge on any atom is 0.135 e. The van der Waals surface area contributed by atoms with Crippen LogP contribution in [-0.2, 0) is 38.3 Å². The largest absolute Gasteiger partial charge is 0.509 e. The molecule has 15 rings (SSSR count). The summed E-state index contributed by atoms with van der Waals surface area (Å²) in [5.41, 5.74) is 13.1. The smallest absolute Gasteiger partial charge is 0.135 e. The molecule has 0 amide bonds. The maximum atomic E-state index is 9.76. The Hall–Kier alpha value is -8.76. The van der Waals surface area contributed by atoms with Crippen molar-refractivity contribution in [2.24, 2.45) is 0 Å². The van der Waals surface area contributed by atoms with E-state index in [2.05, 4.69) is 97.4 Å². The number of aromatic nitrogens is 2. The van der Waals surface area contributed by atoms with Gasteiger partial charge in [0, 0.05) is 87.5 Å². The quantitative estimate of drug-likeness (QED) is 0.149. The molecule has 1 spiro atoms. The molecule has 5 nitrogen and oxygen atoms in total. The average Bonchev–Trinajstić information content (AvgIpc) is 1.44. The molecule has 2 aromatic heterocycles. The van der Waals surface area contributed by atoms with E-state index in [1.807, 2.05) is 144 Å². The standard InChI is InChI=1S/C75H57N4O.Pt/c1-47-35-36-76-71(40-47)79-67-30-14-10-23-57(67)58-34-33-56(45-70(58)79)80-55-22-17-21-54(44-55)77-46-78(69-32-16-15-31-68(69)77)73-61(52-38-48(2)37-49(3)39-52)42-53(74(4,5)6)43-62(73)59-25-18-29-66-72(59)60-24-9-13-28-65(60)75(66)63-26-11-7-19-50(63)41-51-20-8-12-27-64(51)75;/h7-40,42-43,46H,41H2,1-6H3;/q-3;/i1D3,2D3,3D3,41D2;. The summed E-state index contributed by atoms with van der Waals surface area (Å²) in [4.78, 5) is 8.77. The van der Waals surface area contributed by atoms with Crippen LogP contribution in [-0.4, -0.2) is 9.55 Å². The average molecular weight is 1240 g/mol. The molecule has 0 fully saturated rings. The molecule has 0 unspecified atom stereocenters. The van der Waals surface area contributed by atoms with E-state index in [-0.39, 0.29) is 37.8 Å². The topological polar surface area (TPSA) is 33.5 Å². The van der Waals surface area contributed by atoms with Gasteiger partial charge in [0.05, 0.1) is 5.41 Å². The van der Waals surface area contributed by atoms with Crippen molar-refractivity contribution in [3.05, 3.63) is 293 Å². The van der Waals surface area contributed by atoms with E-state index in [1.54, 1.807) is 18.2 Å². The number of rotatable bonds is 7. The molecule has 6 heteroatoms. The fourth-order valence-electron chi connectivity index (χ4n) is 12.7. The number of para-hydroxylation sites is 3. The van der Waals surface area contributed by atoms with Crippen LogP contribution in [0.5, 0.6) is 11.5 Å². The fourth-order valence-corrected chi connectivity index (χ4v) is 12.7. The van der Waals surface area contributed by atoms with Gasteiger partial charge >= 0.3 is 0 Å². The Balaban J connectivity index is 0.00000735. The predicted octanol–water partition coefficient (Wildman–Crippen LogP) is 18.8. The number of benzene rings is 10. The summed E-state index contributed by atoms with van der Waals surface area (Å²) in [6.07, 6.45) is -0.307. The van der Waals surface area contributed by atoms with Gasteiger partial charge in [0.15, 0.2) is 0 Å². The Labute approximate surface area is 504 Å². The van der Waals surface area contributed by atoms with Gasteiger partial charge in [-0.15, -0.1) is 48.1 Å². The third-order valence-electron chi connectivity index (χ3n) is 16.1. The molecule has 2 aliphatic carbocycles. The first kappa shape index (κ1) is 39.6. The molecule has 1 aliphatic heterocycles. The Kier molecular flexibility index (Phi) is 9.39. The van der Waals surface area contributed by atoms with E-state index in [1.165, 1.54) is 18.3 Å². The van der Waals surface area contributed by atoms with Crippen molar-refractivity contribution in [2.45, 2.75) is 58.5 Å². The minimum absolute atomic E-state index is 0. The van der Waals surface area contributed by atoms with E-state index in [9.17, 15) is 2.74 Å². The second-order valence-corrected chi connectivity index (χ2v) is 21.9. The molecule has 0 N–H and O–H groups in total. The van der Waals surface area contributed by atoms with Gasteiger partial charge < -0.3 is 19.1 Å². The number of anilines is 4. The number of hydrogen-bond donors (Lipinski definition) is 0. The summed E-state index contributed by atoms with van der Waals surface area (Å²) < 4.78 is 105. The van der Waals surface area contributed by atoms with E-state index >= 15 is 0 Å². The molecular weight excluding hydrogens is 1170 g/mol. The van der Waals surface area contributed by atoms with E-state index in [0.717, 1.165) is 77.7 Å². The van der Waals surface area contributed by atoms with Crippen LogP contribution >= 0.6 is 0 Å². The number of fused-ring (bicyclic) bond motifs is 13. The molecular formula is C75H57N4OPt-3. The number of hydrogen-bond acceptors (Lipinski definition) is 4. The van der Waals surface area contributed by atoms with Gasteiger partial charge in [-0.25, -0.2) is 4.98 Å². The van der Waals surface area contributed by atoms with Crippen molar-refractivity contribution >= 4 is 44.6 Å². The first-order chi connectivity index (χ1) is 43.4. The van der Waals surface area contributed by atoms with Crippen LogP contribution in [0, 0.1) is 39.4 Å². The fraction of sp³-hybridized carbons (Fsp3) is 0.120. The third-order valence-corrected chi connectivity index (χ3v) is 16.1. The minimum atomic E-state index is -2.67. The van der Waals surface area contributed by atoms with Crippen LogP contribution in [0.4, 0.5) is 22.7 Å². The number of nitrogens with zero attached hydrogens (tertiary/aromatic N) is 4. The van der Waals surface area contributed by atoms with Gasteiger partial charge in [-0.1, -0.05) is 177 Å². The monoisotopic (exact) mass is 1240 g/mol. The Morgan fingerprint density at radius 1 is 0.556 bits per heavy atom. The summed E-state index contributed by atoms with van der Waals surface area (Å²) in [5.74, 6) is 1.18. The molecule has 12 aromatic rings. The molecule has 396 valence electrons. The van der Waals surface area contributed by atoms with Gasteiger partial charge in [-0.2, -0.15) is 12.1 Å². The molecule has 3 aliphatic rings. The van der Waals surface area contributed by atoms with Gasteiger partial charge in [-0.3, -0.25) is 0 Å². The van der Waals surface area contributed by atoms with Crippen molar-refractivity contribution in [1.29, 1.82) is 0 Å². The summed E-state index contributed by atoms with van der Waals surface area (Å²) in [6.45, 7) is 0.691. The minimum Gasteiger partial charge on any atom is -0.509 e. The summed E-state index contributed by atoms with van der Waals surface area (Å²) in [5, 5.41) is 1.80. The zero-order chi connectivity index (χ0) is 63.3. The second kappa shape index (κ2) is 19.2. The number of ether oxygens (including phenoxy) is 1. The normalized spacial score (nSPS) is 16.8. The Morgan fingerprint density at radius 3 is 1.96 bits per heavy atom. The van der Waals surface area contributed by atoms with Gasteiger partial charge in [-0.05, 0) is 147 Å². The first-order valence-electron chi connectivity index (χ1n) is 32.3. The molecule has 0 atom stereocenters. The zero-order valence-electron chi connectivity index (χ0n) is 55.4. The summed E-state index contributed by atoms with van der Waals surface area (Å²) >= 11 is 0. The molecule has 0 saturated carbocycles. The van der Waals surface area contributed by atoms with Crippen LogP contribution in [0.15, 0.2) is 219 Å². The number of aryl methyl sites for hydroxylation is 3. The van der Waals surface area contributed by atoms with E-state index in [4.69, 9.17) is 17.1 Å². The third kappa shape index (κ3) is 7.95. The zero-order valence-corrected chi connectivity index (χ0v) is 46.6. The molecule has 3 heterocycles. The van der Waals surface area contributed by atoms with Crippen LogP contribution in [0.1, 0.15) is 91.5 Å². The first-order valence-corrected chi connectivity index (χ1v) is 26.8. The Bertz CT molecular complexity index is 4900. The van der Waals surface area contributed by atoms with Gasteiger partial charge in [0.25, 0.3) is 0 Å². The molecule has 81 heavy (non-hydrogen) atoms. The van der Waals surface area contributed by atoms with E-state index in [0.29, 0.717) is 56.5 Å². The van der Waals surface area contributed by atoms with Crippen molar-refractivity contribution in [3.63, 3.8) is 0 Å². The molecule has 0 bridgehead atoms. The predicted molar refractivity (Wildman–Crippen MR) is 328 cm³/mol. The molecule has 0 saturated heterocycles. The van der Waals surface area contributed by atoms with Crippen molar-refractivity contribution in [2.75, 3.05) is 9.80 Å². The molecule has 0 radical (unpaired) electrons. The van der Waals surface area contributed by atoms with Gasteiger partial charge in [0.1, 0.15) is 5.82 Å². The maximum absolute atomic E-state index is 9.76. The van der Waals surface area contributed by atoms with Crippen molar-refractivity contribution in [3.8, 4) is 50.7 Å². The SMILES string of the molecule is [2H]C([2H])([2H])c1cc(-c2cc(C(C)(C)C)cc(-c3cccc4c3-c3ccccc3C43c4ccccc4C([2H])([2H])c4ccccc43)c2N2[CH-]N(c3[c-]c(Oc4[c-]c5c(cc4)c4ccccc4n5-c4cc(C([2H])([2H])[2H])ccn4)ccc3)c3ccccc32)cc(C([2H])([2H])[2H])c1.[Pt]. The van der Waals surface area contributed by atoms with Crippen molar-refractivity contribution in [1.82, 2.24) is 9.55 Å². The summed E-state index contributed by atoms with van der Waals surface area (Å²) in [6, 6.07) is 74.7. The van der Waals surface area contributed by atoms with Gasteiger partial charge in [0.2, 0.25) is 0 Å². The van der Waals surface area contributed by atoms with Crippen molar-refractivity contribution < 1.29 is 40.9 Å². The van der Waals surface area contributed by atoms with E-state index < -0.39 is 37.8 Å². The summed E-state index contributed by atoms with van der Waals surface area (Å²) in [7, 11) is 0. The van der Waals surface area contributed by atoms with Crippen LogP contribution in [0.25, 0.3) is 61.0 Å². The van der Waals surface area contributed by atoms with Crippen LogP contribution < -0.4 is 14.5 Å². The second-order valence-electron chi connectivity index (χ2n) is 21.9.